The molecule has 0 aliphatic rings. The van der Waals surface area contributed by atoms with Gasteiger partial charge in [0.25, 0.3) is 0 Å². The van der Waals surface area contributed by atoms with E-state index in [2.05, 4.69) is 5.32 Å². The Morgan fingerprint density at radius 3 is 2.26 bits per heavy atom. The molecular formula is C26H36ClN3O4S. The standard InChI is InChI=1S/C26H36ClN3O4S/c1-7-23(26(32)28-15-18(2)3)29(16-21-11-9-8-10-19(21)4)25(31)17-30(35(6,33)34)24-13-12-22(27)14-20(24)5/h8-14,18,23H,7,15-17H2,1-6H3,(H,28,32). The van der Waals surface area contributed by atoms with Crippen molar-refractivity contribution in [3.63, 3.8) is 0 Å². The summed E-state index contributed by atoms with van der Waals surface area (Å²) in [6, 6.07) is 11.7. The van der Waals surface area contributed by atoms with Gasteiger partial charge in [-0.1, -0.05) is 56.6 Å². The van der Waals surface area contributed by atoms with Crippen LogP contribution in [0.15, 0.2) is 42.5 Å². The van der Waals surface area contributed by atoms with Gasteiger partial charge in [0.1, 0.15) is 12.6 Å². The van der Waals surface area contributed by atoms with Crippen LogP contribution in [0.3, 0.4) is 0 Å². The van der Waals surface area contributed by atoms with Gasteiger partial charge in [0, 0.05) is 18.1 Å². The molecule has 7 nitrogen and oxygen atoms in total. The van der Waals surface area contributed by atoms with Crippen molar-refractivity contribution in [2.75, 3.05) is 23.7 Å². The van der Waals surface area contributed by atoms with E-state index in [4.69, 9.17) is 11.6 Å². The lowest BCUT2D eigenvalue weighted by atomic mass is 10.1. The molecule has 1 atom stereocenters. The first-order valence-corrected chi connectivity index (χ1v) is 13.9. The number of amides is 2. The zero-order valence-corrected chi connectivity index (χ0v) is 22.9. The Morgan fingerprint density at radius 1 is 1.06 bits per heavy atom. The first-order chi connectivity index (χ1) is 16.3. The minimum Gasteiger partial charge on any atom is -0.354 e. The molecule has 2 rings (SSSR count). The van der Waals surface area contributed by atoms with Crippen molar-refractivity contribution in [1.82, 2.24) is 10.2 Å². The highest BCUT2D eigenvalue weighted by molar-refractivity contribution is 7.92. The van der Waals surface area contributed by atoms with Crippen LogP contribution in [0.1, 0.15) is 43.9 Å². The van der Waals surface area contributed by atoms with E-state index in [9.17, 15) is 18.0 Å². The summed E-state index contributed by atoms with van der Waals surface area (Å²) in [4.78, 5) is 28.3. The van der Waals surface area contributed by atoms with E-state index in [1.807, 2.05) is 52.0 Å². The summed E-state index contributed by atoms with van der Waals surface area (Å²) in [5.41, 5.74) is 2.88. The average molecular weight is 522 g/mol. The second-order valence-electron chi connectivity index (χ2n) is 9.21. The molecule has 0 fully saturated rings. The van der Waals surface area contributed by atoms with E-state index < -0.39 is 28.5 Å². The third kappa shape index (κ3) is 7.97. The summed E-state index contributed by atoms with van der Waals surface area (Å²) in [6.07, 6.45) is 1.45. The fourth-order valence-corrected chi connectivity index (χ4v) is 4.94. The van der Waals surface area contributed by atoms with Gasteiger partial charge in [0.2, 0.25) is 21.8 Å². The lowest BCUT2D eigenvalue weighted by Crippen LogP contribution is -2.52. The molecule has 0 saturated carbocycles. The summed E-state index contributed by atoms with van der Waals surface area (Å²) in [7, 11) is -3.79. The summed E-state index contributed by atoms with van der Waals surface area (Å²) in [6.45, 7) is 9.76. The minimum absolute atomic E-state index is 0.191. The number of halogens is 1. The van der Waals surface area contributed by atoms with Crippen LogP contribution < -0.4 is 9.62 Å². The maximum Gasteiger partial charge on any atom is 0.244 e. The molecule has 0 saturated heterocycles. The molecule has 0 aliphatic heterocycles. The topological polar surface area (TPSA) is 86.8 Å². The van der Waals surface area contributed by atoms with E-state index in [1.54, 1.807) is 25.1 Å². The summed E-state index contributed by atoms with van der Waals surface area (Å²) in [5, 5.41) is 3.39. The highest BCUT2D eigenvalue weighted by atomic mass is 35.5. The number of nitrogens with zero attached hydrogens (tertiary/aromatic N) is 2. The van der Waals surface area contributed by atoms with Gasteiger partial charge >= 0.3 is 0 Å². The molecular weight excluding hydrogens is 486 g/mol. The van der Waals surface area contributed by atoms with Gasteiger partial charge in [0.15, 0.2) is 0 Å². The van der Waals surface area contributed by atoms with E-state index in [-0.39, 0.29) is 18.4 Å². The molecule has 2 amide bonds. The molecule has 0 heterocycles. The molecule has 2 aromatic rings. The third-order valence-electron chi connectivity index (χ3n) is 5.78. The van der Waals surface area contributed by atoms with Crippen molar-refractivity contribution in [2.45, 2.75) is 53.6 Å². The molecule has 0 spiro atoms. The second-order valence-corrected chi connectivity index (χ2v) is 11.6. The van der Waals surface area contributed by atoms with Crippen molar-refractivity contribution in [3.8, 4) is 0 Å². The Balaban J connectivity index is 2.47. The van der Waals surface area contributed by atoms with Crippen LogP contribution >= 0.6 is 11.6 Å². The molecule has 35 heavy (non-hydrogen) atoms. The van der Waals surface area contributed by atoms with E-state index >= 15 is 0 Å². The van der Waals surface area contributed by atoms with Gasteiger partial charge in [-0.15, -0.1) is 0 Å². The van der Waals surface area contributed by atoms with Crippen LogP contribution in [-0.2, 0) is 26.2 Å². The number of aryl methyl sites for hydroxylation is 2. The largest absolute Gasteiger partial charge is 0.354 e. The maximum absolute atomic E-state index is 13.7. The van der Waals surface area contributed by atoms with E-state index in [0.717, 1.165) is 21.7 Å². The van der Waals surface area contributed by atoms with Gasteiger partial charge in [-0.05, 0) is 61.1 Å². The first-order valence-electron chi connectivity index (χ1n) is 11.7. The summed E-state index contributed by atoms with van der Waals surface area (Å²) < 4.78 is 26.5. The molecule has 1 N–H and O–H groups in total. The van der Waals surface area contributed by atoms with E-state index in [0.29, 0.717) is 29.2 Å². The highest BCUT2D eigenvalue weighted by Crippen LogP contribution is 2.26. The number of hydrogen-bond donors (Lipinski definition) is 1. The lowest BCUT2D eigenvalue weighted by Gasteiger charge is -2.33. The van der Waals surface area contributed by atoms with Crippen LogP contribution in [0.4, 0.5) is 5.69 Å². The molecule has 0 aliphatic carbocycles. The number of sulfonamides is 1. The Kier molecular flexibility index (Phi) is 10.2. The van der Waals surface area contributed by atoms with Crippen molar-refractivity contribution in [1.29, 1.82) is 0 Å². The van der Waals surface area contributed by atoms with Crippen LogP contribution in [0.2, 0.25) is 5.02 Å². The van der Waals surface area contributed by atoms with E-state index in [1.165, 1.54) is 4.90 Å². The van der Waals surface area contributed by atoms with Gasteiger partial charge < -0.3 is 10.2 Å². The molecule has 0 radical (unpaired) electrons. The number of anilines is 1. The van der Waals surface area contributed by atoms with Crippen LogP contribution in [0.25, 0.3) is 0 Å². The monoisotopic (exact) mass is 521 g/mol. The molecule has 192 valence electrons. The SMILES string of the molecule is CCC(C(=O)NCC(C)C)N(Cc1ccccc1C)C(=O)CN(c1ccc(Cl)cc1C)S(C)(=O)=O. The van der Waals surface area contributed by atoms with Crippen LogP contribution in [-0.4, -0.2) is 50.5 Å². The summed E-state index contributed by atoms with van der Waals surface area (Å²) >= 11 is 6.06. The molecule has 9 heteroatoms. The normalized spacial score (nSPS) is 12.3. The maximum atomic E-state index is 13.7. The quantitative estimate of drug-likeness (QED) is 0.477. The minimum atomic E-state index is -3.79. The highest BCUT2D eigenvalue weighted by Gasteiger charge is 2.32. The smallest absolute Gasteiger partial charge is 0.244 e. The van der Waals surface area contributed by atoms with Crippen LogP contribution in [0, 0.1) is 19.8 Å². The third-order valence-corrected chi connectivity index (χ3v) is 7.14. The van der Waals surface area contributed by atoms with Gasteiger partial charge in [0.05, 0.1) is 11.9 Å². The Labute approximate surface area is 214 Å². The van der Waals surface area contributed by atoms with Gasteiger partial charge in [-0.3, -0.25) is 13.9 Å². The zero-order chi connectivity index (χ0) is 26.3. The van der Waals surface area contributed by atoms with Gasteiger partial charge in [-0.2, -0.15) is 0 Å². The molecule has 0 bridgehead atoms. The average Bonchev–Trinajstić information content (AvgIpc) is 2.76. The number of carbonyl (C=O) groups is 2. The number of benzene rings is 2. The fourth-order valence-electron chi connectivity index (χ4n) is 3.81. The Hall–Kier alpha value is -2.58. The number of nitrogens with one attached hydrogen (secondary N) is 1. The van der Waals surface area contributed by atoms with Crippen molar-refractivity contribution in [2.24, 2.45) is 5.92 Å². The predicted octanol–water partition coefficient (Wildman–Crippen LogP) is 4.30. The molecule has 0 aromatic heterocycles. The van der Waals surface area contributed by atoms with Crippen molar-refractivity contribution >= 4 is 39.1 Å². The lowest BCUT2D eigenvalue weighted by molar-refractivity contribution is -0.140. The van der Waals surface area contributed by atoms with Crippen molar-refractivity contribution < 1.29 is 18.0 Å². The zero-order valence-electron chi connectivity index (χ0n) is 21.3. The number of hydrogen-bond acceptors (Lipinski definition) is 4. The van der Waals surface area contributed by atoms with Crippen molar-refractivity contribution in [3.05, 3.63) is 64.2 Å². The Bertz CT molecular complexity index is 1150. The van der Waals surface area contributed by atoms with Crippen LogP contribution in [0.5, 0.6) is 0 Å². The van der Waals surface area contributed by atoms with Gasteiger partial charge in [-0.25, -0.2) is 8.42 Å². The second kappa shape index (κ2) is 12.4. The Morgan fingerprint density at radius 2 is 1.71 bits per heavy atom. The number of rotatable bonds is 11. The number of carbonyl (C=O) groups excluding carboxylic acids is 2. The summed E-state index contributed by atoms with van der Waals surface area (Å²) in [5.74, 6) is -0.457. The molecule has 1 unspecified atom stereocenters. The molecule has 2 aromatic carbocycles. The predicted molar refractivity (Wildman–Crippen MR) is 142 cm³/mol. The first kappa shape index (κ1) is 28.7. The fraction of sp³-hybridized carbons (Fsp3) is 0.462.